The Kier molecular flexibility index (Phi) is 5.83. The molecule has 0 aromatic rings. The molecular formula is C14H25NO2S. The Hall–Kier alpha value is -0.220. The van der Waals surface area contributed by atoms with Gasteiger partial charge in [0.25, 0.3) is 0 Å². The highest BCUT2D eigenvalue weighted by atomic mass is 32.2. The van der Waals surface area contributed by atoms with Gasteiger partial charge in [-0.05, 0) is 43.8 Å². The second kappa shape index (κ2) is 7.39. The number of amides is 1. The number of rotatable bonds is 5. The van der Waals surface area contributed by atoms with Crippen LogP contribution in [0.2, 0.25) is 0 Å². The Labute approximate surface area is 114 Å². The molecule has 1 saturated carbocycles. The van der Waals surface area contributed by atoms with E-state index in [0.29, 0.717) is 17.7 Å². The van der Waals surface area contributed by atoms with E-state index >= 15 is 0 Å². The van der Waals surface area contributed by atoms with Crippen molar-refractivity contribution in [3.8, 4) is 0 Å². The second-order valence-corrected chi connectivity index (χ2v) is 6.58. The molecule has 4 heteroatoms. The fourth-order valence-electron chi connectivity index (χ4n) is 3.34. The maximum absolute atomic E-state index is 12.3. The van der Waals surface area contributed by atoms with Gasteiger partial charge in [-0.2, -0.15) is 11.8 Å². The molecule has 2 rings (SSSR count). The minimum Gasteiger partial charge on any atom is -0.396 e. The van der Waals surface area contributed by atoms with Crippen LogP contribution in [0.5, 0.6) is 0 Å². The first-order valence-electron chi connectivity index (χ1n) is 7.31. The third kappa shape index (κ3) is 3.64. The van der Waals surface area contributed by atoms with E-state index in [1.165, 1.54) is 38.5 Å². The molecule has 2 aliphatic rings. The SMILES string of the molecule is O=C(CSCCCO)N1CCCC2CCCCC21. The van der Waals surface area contributed by atoms with Crippen LogP contribution in [0.1, 0.15) is 44.9 Å². The average molecular weight is 271 g/mol. The van der Waals surface area contributed by atoms with E-state index in [2.05, 4.69) is 4.90 Å². The molecule has 1 saturated heterocycles. The van der Waals surface area contributed by atoms with Crippen molar-refractivity contribution in [3.05, 3.63) is 0 Å². The first kappa shape index (κ1) is 14.2. The number of likely N-dealkylation sites (tertiary alicyclic amines) is 1. The molecule has 1 N–H and O–H groups in total. The highest BCUT2D eigenvalue weighted by Gasteiger charge is 2.35. The van der Waals surface area contributed by atoms with Crippen LogP contribution in [0.25, 0.3) is 0 Å². The van der Waals surface area contributed by atoms with E-state index in [1.54, 1.807) is 11.8 Å². The molecule has 1 aliphatic carbocycles. The predicted octanol–water partition coefficient (Wildman–Crippen LogP) is 2.28. The lowest BCUT2D eigenvalue weighted by atomic mass is 9.78. The van der Waals surface area contributed by atoms with E-state index in [4.69, 9.17) is 5.11 Å². The fourth-order valence-corrected chi connectivity index (χ4v) is 4.16. The van der Waals surface area contributed by atoms with Crippen LogP contribution >= 0.6 is 11.8 Å². The van der Waals surface area contributed by atoms with Crippen molar-refractivity contribution in [1.29, 1.82) is 0 Å². The maximum atomic E-state index is 12.3. The summed E-state index contributed by atoms with van der Waals surface area (Å²) in [6.45, 7) is 1.20. The van der Waals surface area contributed by atoms with Crippen LogP contribution in [0.15, 0.2) is 0 Å². The molecule has 0 aromatic carbocycles. The van der Waals surface area contributed by atoms with Crippen LogP contribution in [-0.2, 0) is 4.79 Å². The lowest BCUT2D eigenvalue weighted by Gasteiger charge is -2.44. The van der Waals surface area contributed by atoms with Crippen LogP contribution in [0.3, 0.4) is 0 Å². The molecule has 1 heterocycles. The number of hydrogen-bond donors (Lipinski definition) is 1. The topological polar surface area (TPSA) is 40.5 Å². The average Bonchev–Trinajstić information content (AvgIpc) is 2.43. The molecule has 0 spiro atoms. The number of piperidine rings is 1. The third-order valence-corrected chi connectivity index (χ3v) is 5.26. The van der Waals surface area contributed by atoms with Crippen molar-refractivity contribution in [1.82, 2.24) is 4.90 Å². The van der Waals surface area contributed by atoms with Gasteiger partial charge in [0.15, 0.2) is 0 Å². The number of aliphatic hydroxyl groups is 1. The van der Waals surface area contributed by atoms with Gasteiger partial charge in [-0.25, -0.2) is 0 Å². The summed E-state index contributed by atoms with van der Waals surface area (Å²) in [7, 11) is 0. The third-order valence-electron chi connectivity index (χ3n) is 4.24. The van der Waals surface area contributed by atoms with Crippen molar-refractivity contribution in [2.75, 3.05) is 24.7 Å². The zero-order valence-electron chi connectivity index (χ0n) is 11.1. The molecule has 0 radical (unpaired) electrons. The van der Waals surface area contributed by atoms with Gasteiger partial charge in [-0.1, -0.05) is 12.8 Å². The monoisotopic (exact) mass is 271 g/mol. The van der Waals surface area contributed by atoms with E-state index in [1.807, 2.05) is 0 Å². The molecule has 18 heavy (non-hydrogen) atoms. The number of aliphatic hydroxyl groups excluding tert-OH is 1. The van der Waals surface area contributed by atoms with Gasteiger partial charge in [0.05, 0.1) is 5.75 Å². The zero-order valence-corrected chi connectivity index (χ0v) is 12.0. The van der Waals surface area contributed by atoms with Gasteiger partial charge in [0.1, 0.15) is 0 Å². The second-order valence-electron chi connectivity index (χ2n) is 5.47. The fraction of sp³-hybridized carbons (Fsp3) is 0.929. The van der Waals surface area contributed by atoms with Gasteiger partial charge in [-0.15, -0.1) is 0 Å². The van der Waals surface area contributed by atoms with Crippen molar-refractivity contribution in [3.63, 3.8) is 0 Å². The first-order valence-corrected chi connectivity index (χ1v) is 8.46. The summed E-state index contributed by atoms with van der Waals surface area (Å²) in [4.78, 5) is 14.4. The minimum absolute atomic E-state index is 0.232. The van der Waals surface area contributed by atoms with Gasteiger partial charge in [0.2, 0.25) is 5.91 Å². The van der Waals surface area contributed by atoms with Gasteiger partial charge < -0.3 is 10.0 Å². The van der Waals surface area contributed by atoms with Gasteiger partial charge in [-0.3, -0.25) is 4.79 Å². The van der Waals surface area contributed by atoms with Crippen molar-refractivity contribution >= 4 is 17.7 Å². The van der Waals surface area contributed by atoms with E-state index < -0.39 is 0 Å². The highest BCUT2D eigenvalue weighted by molar-refractivity contribution is 7.99. The van der Waals surface area contributed by atoms with E-state index in [-0.39, 0.29) is 6.61 Å². The molecule has 1 amide bonds. The Morgan fingerprint density at radius 3 is 2.83 bits per heavy atom. The summed E-state index contributed by atoms with van der Waals surface area (Å²) in [6.07, 6.45) is 8.51. The van der Waals surface area contributed by atoms with Gasteiger partial charge >= 0.3 is 0 Å². The summed E-state index contributed by atoms with van der Waals surface area (Å²) in [6, 6.07) is 0.540. The number of hydrogen-bond acceptors (Lipinski definition) is 3. The molecule has 104 valence electrons. The molecule has 2 fully saturated rings. The number of thioether (sulfide) groups is 1. The van der Waals surface area contributed by atoms with Crippen molar-refractivity contribution in [2.45, 2.75) is 51.0 Å². The molecule has 0 bridgehead atoms. The molecular weight excluding hydrogens is 246 g/mol. The highest BCUT2D eigenvalue weighted by Crippen LogP contribution is 2.35. The molecule has 2 unspecified atom stereocenters. The number of carbonyl (C=O) groups excluding carboxylic acids is 1. The Morgan fingerprint density at radius 1 is 1.22 bits per heavy atom. The Bertz CT molecular complexity index is 271. The summed E-state index contributed by atoms with van der Waals surface area (Å²) >= 11 is 1.67. The lowest BCUT2D eigenvalue weighted by Crippen LogP contribution is -2.50. The molecule has 3 nitrogen and oxygen atoms in total. The molecule has 1 aliphatic heterocycles. The largest absolute Gasteiger partial charge is 0.396 e. The molecule has 2 atom stereocenters. The quantitative estimate of drug-likeness (QED) is 0.780. The normalized spacial score (nSPS) is 27.9. The number of fused-ring (bicyclic) bond motifs is 1. The van der Waals surface area contributed by atoms with E-state index in [0.717, 1.165) is 24.6 Å². The summed E-state index contributed by atoms with van der Waals surface area (Å²) in [5.74, 6) is 2.60. The van der Waals surface area contributed by atoms with E-state index in [9.17, 15) is 4.79 Å². The summed E-state index contributed by atoms with van der Waals surface area (Å²) in [5, 5.41) is 8.73. The predicted molar refractivity (Wildman–Crippen MR) is 75.7 cm³/mol. The number of nitrogens with zero attached hydrogens (tertiary/aromatic N) is 1. The van der Waals surface area contributed by atoms with Crippen molar-refractivity contribution < 1.29 is 9.90 Å². The van der Waals surface area contributed by atoms with Crippen LogP contribution < -0.4 is 0 Å². The van der Waals surface area contributed by atoms with Crippen LogP contribution in [0, 0.1) is 5.92 Å². The smallest absolute Gasteiger partial charge is 0.232 e. The van der Waals surface area contributed by atoms with Crippen LogP contribution in [0.4, 0.5) is 0 Å². The number of carbonyl (C=O) groups is 1. The van der Waals surface area contributed by atoms with Gasteiger partial charge in [0, 0.05) is 19.2 Å². The Balaban J connectivity index is 1.80. The lowest BCUT2D eigenvalue weighted by molar-refractivity contribution is -0.134. The minimum atomic E-state index is 0.232. The molecule has 0 aromatic heterocycles. The maximum Gasteiger partial charge on any atom is 0.232 e. The zero-order chi connectivity index (χ0) is 12.8. The van der Waals surface area contributed by atoms with Crippen molar-refractivity contribution in [2.24, 2.45) is 5.92 Å². The van der Waals surface area contributed by atoms with Crippen LogP contribution in [-0.4, -0.2) is 46.6 Å². The standard InChI is InChI=1S/C14H25NO2S/c16-9-4-10-18-11-14(17)15-8-3-6-12-5-1-2-7-13(12)15/h12-13,16H,1-11H2. The summed E-state index contributed by atoms with van der Waals surface area (Å²) < 4.78 is 0. The Morgan fingerprint density at radius 2 is 2.00 bits per heavy atom. The first-order chi connectivity index (χ1) is 8.83. The summed E-state index contributed by atoms with van der Waals surface area (Å²) in [5.41, 5.74) is 0.